The van der Waals surface area contributed by atoms with Crippen LogP contribution in [-0.4, -0.2) is 34.7 Å². The number of carboxylic acid groups (broad SMARTS) is 1. The van der Waals surface area contributed by atoms with Crippen LogP contribution in [0.2, 0.25) is 0 Å². The third-order valence-corrected chi connectivity index (χ3v) is 4.79. The van der Waals surface area contributed by atoms with Gasteiger partial charge in [-0.3, -0.25) is 4.79 Å². The van der Waals surface area contributed by atoms with Gasteiger partial charge >= 0.3 is 12.1 Å². The molecule has 1 heterocycles. The first-order chi connectivity index (χ1) is 10.6. The number of piperidine rings is 1. The second-order valence-electron chi connectivity index (χ2n) is 6.21. The fourth-order valence-corrected chi connectivity index (χ4v) is 3.35. The maximum absolute atomic E-state index is 12.4. The number of nitrogens with zero attached hydrogens (tertiary/aromatic N) is 1. The van der Waals surface area contributed by atoms with Gasteiger partial charge in [0.05, 0.1) is 11.5 Å². The summed E-state index contributed by atoms with van der Waals surface area (Å²) in [5.74, 6) is -0.778. The zero-order valence-electron chi connectivity index (χ0n) is 12.5. The van der Waals surface area contributed by atoms with Crippen LogP contribution >= 0.6 is 0 Å². The first kappa shape index (κ1) is 14.9. The molecule has 1 aromatic carbocycles. The van der Waals surface area contributed by atoms with E-state index in [1.807, 2.05) is 30.3 Å². The van der Waals surface area contributed by atoms with Gasteiger partial charge in [-0.2, -0.15) is 0 Å². The van der Waals surface area contributed by atoms with E-state index in [-0.39, 0.29) is 18.7 Å². The molecule has 3 rings (SSSR count). The number of ether oxygens (including phenoxy) is 1. The van der Waals surface area contributed by atoms with E-state index >= 15 is 0 Å². The molecule has 1 aliphatic heterocycles. The van der Waals surface area contributed by atoms with Crippen molar-refractivity contribution in [2.45, 2.75) is 44.8 Å². The van der Waals surface area contributed by atoms with E-state index in [0.29, 0.717) is 19.4 Å². The Labute approximate surface area is 129 Å². The average molecular weight is 303 g/mol. The molecule has 2 aliphatic rings. The number of amides is 1. The summed E-state index contributed by atoms with van der Waals surface area (Å²) >= 11 is 0. The van der Waals surface area contributed by atoms with Crippen molar-refractivity contribution in [3.63, 3.8) is 0 Å². The number of likely N-dealkylation sites (tertiary alicyclic amines) is 1. The van der Waals surface area contributed by atoms with E-state index in [4.69, 9.17) is 4.74 Å². The van der Waals surface area contributed by atoms with E-state index < -0.39 is 11.4 Å². The number of aliphatic carboxylic acids is 1. The fourth-order valence-electron chi connectivity index (χ4n) is 3.35. The lowest BCUT2D eigenvalue weighted by molar-refractivity contribution is -0.146. The summed E-state index contributed by atoms with van der Waals surface area (Å²) in [7, 11) is 0. The van der Waals surface area contributed by atoms with Gasteiger partial charge in [0.25, 0.3) is 0 Å². The van der Waals surface area contributed by atoms with Crippen molar-refractivity contribution in [1.29, 1.82) is 0 Å². The Bertz CT molecular complexity index is 553. The van der Waals surface area contributed by atoms with Crippen molar-refractivity contribution in [3.8, 4) is 0 Å². The maximum atomic E-state index is 12.4. The van der Waals surface area contributed by atoms with Gasteiger partial charge < -0.3 is 14.7 Å². The third kappa shape index (κ3) is 2.80. The summed E-state index contributed by atoms with van der Waals surface area (Å²) in [5.41, 5.74) is 0.204. The van der Waals surface area contributed by atoms with Crippen molar-refractivity contribution in [2.75, 3.05) is 6.54 Å². The Morgan fingerprint density at radius 3 is 2.59 bits per heavy atom. The highest BCUT2D eigenvalue weighted by Crippen LogP contribution is 2.53. The van der Waals surface area contributed by atoms with Crippen LogP contribution in [0.15, 0.2) is 30.3 Å². The molecule has 0 radical (unpaired) electrons. The highest BCUT2D eigenvalue weighted by atomic mass is 16.6. The van der Waals surface area contributed by atoms with E-state index in [1.165, 1.54) is 0 Å². The van der Waals surface area contributed by atoms with E-state index in [0.717, 1.165) is 24.8 Å². The number of carboxylic acids is 1. The molecule has 1 aliphatic carbocycles. The van der Waals surface area contributed by atoms with Crippen LogP contribution in [0.3, 0.4) is 0 Å². The van der Waals surface area contributed by atoms with Gasteiger partial charge in [0.2, 0.25) is 0 Å². The first-order valence-corrected chi connectivity index (χ1v) is 7.84. The minimum atomic E-state index is -0.778. The lowest BCUT2D eigenvalue weighted by Crippen LogP contribution is -2.50. The maximum Gasteiger partial charge on any atom is 0.410 e. The normalized spacial score (nSPS) is 22.9. The molecule has 1 saturated carbocycles. The van der Waals surface area contributed by atoms with E-state index in [9.17, 15) is 14.7 Å². The Morgan fingerprint density at radius 2 is 1.95 bits per heavy atom. The first-order valence-electron chi connectivity index (χ1n) is 7.84. The molecule has 0 bridgehead atoms. The molecule has 1 aromatic rings. The molecule has 22 heavy (non-hydrogen) atoms. The summed E-state index contributed by atoms with van der Waals surface area (Å²) in [6.45, 7) is 0.816. The van der Waals surface area contributed by atoms with Crippen molar-refractivity contribution >= 4 is 12.1 Å². The van der Waals surface area contributed by atoms with Crippen molar-refractivity contribution < 1.29 is 19.4 Å². The Balaban J connectivity index is 1.66. The molecule has 5 nitrogen and oxygen atoms in total. The van der Waals surface area contributed by atoms with Gasteiger partial charge in [0.1, 0.15) is 6.61 Å². The van der Waals surface area contributed by atoms with Gasteiger partial charge in [-0.1, -0.05) is 30.3 Å². The summed E-state index contributed by atoms with van der Waals surface area (Å²) in [6, 6.07) is 9.30. The SMILES string of the molecule is O=C(OCc1ccccc1)N1CCCCC1C1(C(=O)O)CC1. The number of rotatable bonds is 4. The number of hydrogen-bond donors (Lipinski definition) is 1. The number of carbonyl (C=O) groups excluding carboxylic acids is 1. The minimum absolute atomic E-state index is 0.220. The van der Waals surface area contributed by atoms with Crippen molar-refractivity contribution in [3.05, 3.63) is 35.9 Å². The summed E-state index contributed by atoms with van der Waals surface area (Å²) in [6.07, 6.45) is 3.58. The Hall–Kier alpha value is -2.04. The second kappa shape index (κ2) is 5.99. The fraction of sp³-hybridized carbons (Fsp3) is 0.529. The van der Waals surface area contributed by atoms with Gasteiger partial charge in [-0.05, 0) is 37.7 Å². The highest BCUT2D eigenvalue weighted by molar-refractivity contribution is 5.80. The van der Waals surface area contributed by atoms with Gasteiger partial charge in [-0.25, -0.2) is 4.79 Å². The van der Waals surface area contributed by atoms with Crippen molar-refractivity contribution in [2.24, 2.45) is 5.41 Å². The van der Waals surface area contributed by atoms with Gasteiger partial charge in [0, 0.05) is 6.54 Å². The summed E-state index contributed by atoms with van der Waals surface area (Å²) in [4.78, 5) is 25.6. The molecule has 2 fully saturated rings. The van der Waals surface area contributed by atoms with E-state index in [2.05, 4.69) is 0 Å². The molecule has 1 amide bonds. The zero-order valence-corrected chi connectivity index (χ0v) is 12.5. The number of hydrogen-bond acceptors (Lipinski definition) is 3. The molecule has 0 spiro atoms. The molecule has 1 atom stereocenters. The van der Waals surface area contributed by atoms with Crippen LogP contribution in [-0.2, 0) is 16.1 Å². The van der Waals surface area contributed by atoms with Crippen LogP contribution in [0, 0.1) is 5.41 Å². The quantitative estimate of drug-likeness (QED) is 0.928. The molecule has 0 aromatic heterocycles. The van der Waals surface area contributed by atoms with Gasteiger partial charge in [-0.15, -0.1) is 0 Å². The molecule has 1 N–H and O–H groups in total. The molecule has 5 heteroatoms. The average Bonchev–Trinajstić information content (AvgIpc) is 3.35. The van der Waals surface area contributed by atoms with Crippen LogP contribution in [0.4, 0.5) is 4.79 Å². The smallest absolute Gasteiger partial charge is 0.410 e. The molecule has 118 valence electrons. The number of benzene rings is 1. The van der Waals surface area contributed by atoms with Crippen LogP contribution in [0.5, 0.6) is 0 Å². The number of carbonyl (C=O) groups is 2. The second-order valence-corrected chi connectivity index (χ2v) is 6.21. The largest absolute Gasteiger partial charge is 0.481 e. The summed E-state index contributed by atoms with van der Waals surface area (Å²) in [5, 5.41) is 9.48. The third-order valence-electron chi connectivity index (χ3n) is 4.79. The van der Waals surface area contributed by atoms with Crippen LogP contribution < -0.4 is 0 Å². The minimum Gasteiger partial charge on any atom is -0.481 e. The van der Waals surface area contributed by atoms with Crippen LogP contribution in [0.25, 0.3) is 0 Å². The lowest BCUT2D eigenvalue weighted by atomic mass is 9.88. The summed E-state index contributed by atoms with van der Waals surface area (Å²) < 4.78 is 5.39. The Morgan fingerprint density at radius 1 is 1.23 bits per heavy atom. The standard InChI is InChI=1S/C17H21NO4/c19-15(20)17(9-10-17)14-8-4-5-11-18(14)16(21)22-12-13-6-2-1-3-7-13/h1-3,6-7,14H,4-5,8-12H2,(H,19,20). The molecular formula is C17H21NO4. The predicted molar refractivity (Wildman–Crippen MR) is 80.3 cm³/mol. The topological polar surface area (TPSA) is 66.8 Å². The molecule has 1 saturated heterocycles. The predicted octanol–water partition coefficient (Wildman–Crippen LogP) is 3.04. The molecule has 1 unspecified atom stereocenters. The van der Waals surface area contributed by atoms with Crippen molar-refractivity contribution in [1.82, 2.24) is 4.90 Å². The van der Waals surface area contributed by atoms with Crippen LogP contribution in [0.1, 0.15) is 37.7 Å². The monoisotopic (exact) mass is 303 g/mol. The zero-order chi connectivity index (χ0) is 15.6. The van der Waals surface area contributed by atoms with E-state index in [1.54, 1.807) is 4.90 Å². The van der Waals surface area contributed by atoms with Gasteiger partial charge in [0.15, 0.2) is 0 Å². The Kier molecular flexibility index (Phi) is 4.05. The highest BCUT2D eigenvalue weighted by Gasteiger charge is 2.59. The molecular weight excluding hydrogens is 282 g/mol. The lowest BCUT2D eigenvalue weighted by Gasteiger charge is -2.38.